The summed E-state index contributed by atoms with van der Waals surface area (Å²) in [5.74, 6) is 0.837. The standard InChI is InChI=1S/C13H9N3O/c1-16-12-3-2-9(7-14)6-11(12)15-13(16)10-4-5-17-8-10/h2-6,8H,1H3. The molecular formula is C13H9N3O. The van der Waals surface area contributed by atoms with E-state index in [1.54, 1.807) is 24.7 Å². The van der Waals surface area contributed by atoms with Crippen LogP contribution in [-0.4, -0.2) is 9.55 Å². The molecule has 0 radical (unpaired) electrons. The summed E-state index contributed by atoms with van der Waals surface area (Å²) in [7, 11) is 1.95. The van der Waals surface area contributed by atoms with Gasteiger partial charge in [-0.2, -0.15) is 5.26 Å². The zero-order valence-electron chi connectivity index (χ0n) is 9.21. The molecule has 4 nitrogen and oxygen atoms in total. The minimum Gasteiger partial charge on any atom is -0.472 e. The predicted octanol–water partition coefficient (Wildman–Crippen LogP) is 2.70. The number of benzene rings is 1. The van der Waals surface area contributed by atoms with Crippen LogP contribution in [0.2, 0.25) is 0 Å². The molecule has 0 fully saturated rings. The molecule has 0 saturated carbocycles. The molecule has 0 saturated heterocycles. The zero-order valence-corrected chi connectivity index (χ0v) is 9.21. The molecule has 0 bridgehead atoms. The summed E-state index contributed by atoms with van der Waals surface area (Å²) in [5, 5.41) is 8.86. The number of hydrogen-bond donors (Lipinski definition) is 0. The van der Waals surface area contributed by atoms with Crippen LogP contribution in [0.3, 0.4) is 0 Å². The van der Waals surface area contributed by atoms with Gasteiger partial charge in [-0.15, -0.1) is 0 Å². The van der Waals surface area contributed by atoms with Crippen molar-refractivity contribution in [3.05, 3.63) is 42.4 Å². The normalized spacial score (nSPS) is 10.6. The molecule has 0 aliphatic carbocycles. The molecule has 1 aromatic carbocycles. The molecule has 3 aromatic rings. The average molecular weight is 223 g/mol. The lowest BCUT2D eigenvalue weighted by atomic mass is 10.2. The second-order valence-corrected chi connectivity index (χ2v) is 3.82. The van der Waals surface area contributed by atoms with Gasteiger partial charge in [-0.3, -0.25) is 0 Å². The molecule has 17 heavy (non-hydrogen) atoms. The fraction of sp³-hybridized carbons (Fsp3) is 0.0769. The maximum absolute atomic E-state index is 8.86. The van der Waals surface area contributed by atoms with Crippen LogP contribution in [0, 0.1) is 11.3 Å². The highest BCUT2D eigenvalue weighted by molar-refractivity contribution is 5.81. The number of furan rings is 1. The molecule has 3 rings (SSSR count). The highest BCUT2D eigenvalue weighted by Gasteiger charge is 2.10. The number of fused-ring (bicyclic) bond motifs is 1. The van der Waals surface area contributed by atoms with E-state index in [0.717, 1.165) is 22.4 Å². The number of aryl methyl sites for hydroxylation is 1. The van der Waals surface area contributed by atoms with E-state index in [1.807, 2.05) is 23.7 Å². The first-order valence-corrected chi connectivity index (χ1v) is 5.19. The van der Waals surface area contributed by atoms with Crippen molar-refractivity contribution in [1.82, 2.24) is 9.55 Å². The van der Waals surface area contributed by atoms with Gasteiger partial charge in [0.2, 0.25) is 0 Å². The molecule has 0 unspecified atom stereocenters. The van der Waals surface area contributed by atoms with Gasteiger partial charge in [-0.1, -0.05) is 0 Å². The van der Waals surface area contributed by atoms with Crippen LogP contribution < -0.4 is 0 Å². The first-order chi connectivity index (χ1) is 8.29. The molecule has 2 heterocycles. The van der Waals surface area contributed by atoms with Gasteiger partial charge in [0.15, 0.2) is 0 Å². The molecule has 4 heteroatoms. The van der Waals surface area contributed by atoms with Crippen molar-refractivity contribution in [1.29, 1.82) is 5.26 Å². The minimum absolute atomic E-state index is 0.620. The lowest BCUT2D eigenvalue weighted by Gasteiger charge is -1.98. The van der Waals surface area contributed by atoms with Gasteiger partial charge < -0.3 is 8.98 Å². The summed E-state index contributed by atoms with van der Waals surface area (Å²) in [6.07, 6.45) is 3.28. The number of aromatic nitrogens is 2. The summed E-state index contributed by atoms with van der Waals surface area (Å²) in [6.45, 7) is 0. The fourth-order valence-corrected chi connectivity index (χ4v) is 1.92. The molecule has 0 amide bonds. The van der Waals surface area contributed by atoms with E-state index in [4.69, 9.17) is 9.68 Å². The van der Waals surface area contributed by atoms with Crippen LogP contribution >= 0.6 is 0 Å². The Kier molecular flexibility index (Phi) is 1.99. The summed E-state index contributed by atoms with van der Waals surface area (Å²) >= 11 is 0. The molecule has 0 aliphatic rings. The van der Waals surface area contributed by atoms with Gasteiger partial charge in [0.1, 0.15) is 12.1 Å². The molecule has 0 aliphatic heterocycles. The van der Waals surface area contributed by atoms with Crippen LogP contribution in [0.5, 0.6) is 0 Å². The predicted molar refractivity (Wildman–Crippen MR) is 63.1 cm³/mol. The van der Waals surface area contributed by atoms with E-state index in [9.17, 15) is 0 Å². The van der Waals surface area contributed by atoms with Crippen molar-refractivity contribution in [3.8, 4) is 17.5 Å². The Balaban J connectivity index is 2.29. The minimum atomic E-state index is 0.620. The Labute approximate surface area is 97.7 Å². The second-order valence-electron chi connectivity index (χ2n) is 3.82. The van der Waals surface area contributed by atoms with Crippen LogP contribution in [0.4, 0.5) is 0 Å². The summed E-state index contributed by atoms with van der Waals surface area (Å²) in [6, 6.07) is 9.47. The lowest BCUT2D eigenvalue weighted by molar-refractivity contribution is 0.567. The van der Waals surface area contributed by atoms with Gasteiger partial charge >= 0.3 is 0 Å². The van der Waals surface area contributed by atoms with Crippen LogP contribution in [0.1, 0.15) is 5.56 Å². The molecule has 2 aromatic heterocycles. The molecule has 82 valence electrons. The maximum atomic E-state index is 8.86. The van der Waals surface area contributed by atoms with Crippen molar-refractivity contribution in [2.24, 2.45) is 7.05 Å². The Hall–Kier alpha value is -2.54. The first-order valence-electron chi connectivity index (χ1n) is 5.19. The SMILES string of the molecule is Cn1c(-c2ccoc2)nc2cc(C#N)ccc21. The Morgan fingerprint density at radius 1 is 1.35 bits per heavy atom. The molecule has 0 N–H and O–H groups in total. The summed E-state index contributed by atoms with van der Waals surface area (Å²) in [5.41, 5.74) is 3.37. The van der Waals surface area contributed by atoms with Gasteiger partial charge in [0.25, 0.3) is 0 Å². The highest BCUT2D eigenvalue weighted by atomic mass is 16.3. The summed E-state index contributed by atoms with van der Waals surface area (Å²) in [4.78, 5) is 4.52. The Bertz CT molecular complexity index is 717. The van der Waals surface area contributed by atoms with Gasteiger partial charge in [0.05, 0.1) is 34.5 Å². The van der Waals surface area contributed by atoms with Crippen molar-refractivity contribution >= 4 is 11.0 Å². The largest absolute Gasteiger partial charge is 0.472 e. The van der Waals surface area contributed by atoms with E-state index in [-0.39, 0.29) is 0 Å². The number of rotatable bonds is 1. The lowest BCUT2D eigenvalue weighted by Crippen LogP contribution is -1.90. The van der Waals surface area contributed by atoms with E-state index in [2.05, 4.69) is 11.1 Å². The third kappa shape index (κ3) is 1.41. The van der Waals surface area contributed by atoms with E-state index in [1.165, 1.54) is 0 Å². The third-order valence-corrected chi connectivity index (χ3v) is 2.79. The Morgan fingerprint density at radius 3 is 2.94 bits per heavy atom. The first kappa shape index (κ1) is 9.67. The second kappa shape index (κ2) is 3.49. The molecular weight excluding hydrogens is 214 g/mol. The molecule has 0 spiro atoms. The van der Waals surface area contributed by atoms with Crippen LogP contribution in [0.25, 0.3) is 22.4 Å². The van der Waals surface area contributed by atoms with Gasteiger partial charge in [0, 0.05) is 7.05 Å². The van der Waals surface area contributed by atoms with Gasteiger partial charge in [-0.05, 0) is 24.3 Å². The quantitative estimate of drug-likeness (QED) is 0.637. The van der Waals surface area contributed by atoms with E-state index in [0.29, 0.717) is 5.56 Å². The number of nitrogens with zero attached hydrogens (tertiary/aromatic N) is 3. The monoisotopic (exact) mass is 223 g/mol. The van der Waals surface area contributed by atoms with Crippen LogP contribution in [-0.2, 0) is 7.05 Å². The van der Waals surface area contributed by atoms with Gasteiger partial charge in [-0.25, -0.2) is 4.98 Å². The topological polar surface area (TPSA) is 54.8 Å². The van der Waals surface area contributed by atoms with E-state index >= 15 is 0 Å². The zero-order chi connectivity index (χ0) is 11.8. The highest BCUT2D eigenvalue weighted by Crippen LogP contribution is 2.24. The van der Waals surface area contributed by atoms with Crippen molar-refractivity contribution in [2.45, 2.75) is 0 Å². The maximum Gasteiger partial charge on any atom is 0.144 e. The van der Waals surface area contributed by atoms with E-state index < -0.39 is 0 Å². The van der Waals surface area contributed by atoms with Crippen molar-refractivity contribution < 1.29 is 4.42 Å². The number of hydrogen-bond acceptors (Lipinski definition) is 3. The smallest absolute Gasteiger partial charge is 0.144 e. The average Bonchev–Trinajstić information content (AvgIpc) is 2.97. The molecule has 0 atom stereocenters. The fourth-order valence-electron chi connectivity index (χ4n) is 1.92. The summed E-state index contributed by atoms with van der Waals surface area (Å²) < 4.78 is 7.05. The number of imidazole rings is 1. The van der Waals surface area contributed by atoms with Crippen molar-refractivity contribution in [2.75, 3.05) is 0 Å². The number of nitriles is 1. The Morgan fingerprint density at radius 2 is 2.24 bits per heavy atom. The third-order valence-electron chi connectivity index (χ3n) is 2.79. The van der Waals surface area contributed by atoms with Crippen LogP contribution in [0.15, 0.2) is 41.2 Å². The van der Waals surface area contributed by atoms with Crippen molar-refractivity contribution in [3.63, 3.8) is 0 Å².